The molecule has 0 aliphatic carbocycles. The van der Waals surface area contributed by atoms with Crippen LogP contribution < -0.4 is 0 Å². The highest BCUT2D eigenvalue weighted by atomic mass is 28.4. The molecule has 0 aromatic heterocycles. The van der Waals surface area contributed by atoms with Crippen LogP contribution in [0.15, 0.2) is 36.3 Å². The first-order valence-corrected chi connectivity index (χ1v) is 10.9. The van der Waals surface area contributed by atoms with Crippen molar-refractivity contribution >= 4 is 21.5 Å². The Balaban J connectivity index is 1.81. The molecule has 2 rings (SSSR count). The Bertz CT molecular complexity index is 462. The lowest BCUT2D eigenvalue weighted by atomic mass is 9.82. The van der Waals surface area contributed by atoms with Gasteiger partial charge in [-0.25, -0.2) is 0 Å². The van der Waals surface area contributed by atoms with E-state index in [1.165, 1.54) is 0 Å². The van der Waals surface area contributed by atoms with Crippen LogP contribution in [0.25, 0.3) is 6.08 Å². The van der Waals surface area contributed by atoms with Crippen LogP contribution in [0.5, 0.6) is 0 Å². The van der Waals surface area contributed by atoms with Gasteiger partial charge in [-0.1, -0.05) is 49.3 Å². The zero-order chi connectivity index (χ0) is 15.3. The van der Waals surface area contributed by atoms with Gasteiger partial charge in [0.05, 0.1) is 0 Å². The minimum atomic E-state index is -1.49. The largest absolute Gasteiger partial charge is 0.486 e. The minimum Gasteiger partial charge on any atom is -0.417 e. The highest BCUT2D eigenvalue weighted by molar-refractivity contribution is 6.69. The molecule has 0 saturated carbocycles. The summed E-state index contributed by atoms with van der Waals surface area (Å²) in [6.45, 7) is 10.8. The third kappa shape index (κ3) is 5.79. The number of benzene rings is 1. The molecule has 3 nitrogen and oxygen atoms in total. The summed E-state index contributed by atoms with van der Waals surface area (Å²) in [4.78, 5) is 0. The van der Waals surface area contributed by atoms with Crippen molar-refractivity contribution < 1.29 is 13.7 Å². The Hall–Kier alpha value is -0.878. The van der Waals surface area contributed by atoms with Crippen molar-refractivity contribution in [1.29, 1.82) is 0 Å². The molecule has 1 aromatic rings. The fraction of sp³-hybridized carbons (Fsp3) is 0.500. The molecule has 1 heterocycles. The van der Waals surface area contributed by atoms with E-state index in [1.807, 2.05) is 30.3 Å². The van der Waals surface area contributed by atoms with E-state index in [0.29, 0.717) is 19.8 Å². The van der Waals surface area contributed by atoms with Crippen molar-refractivity contribution in [2.45, 2.75) is 26.6 Å². The predicted octanol–water partition coefficient (Wildman–Crippen LogP) is 3.63. The maximum Gasteiger partial charge on any atom is 0.486 e. The molecule has 0 amide bonds. The second-order valence-corrected chi connectivity index (χ2v) is 11.5. The summed E-state index contributed by atoms with van der Waals surface area (Å²) >= 11 is 0. The molecule has 1 saturated heterocycles. The van der Waals surface area contributed by atoms with E-state index in [1.54, 1.807) is 0 Å². The second-order valence-electron chi connectivity index (χ2n) is 6.97. The zero-order valence-corrected chi connectivity index (χ0v) is 14.5. The summed E-state index contributed by atoms with van der Waals surface area (Å²) in [5.41, 5.74) is 1.11. The fourth-order valence-corrected chi connectivity index (χ4v) is 2.78. The first-order valence-electron chi connectivity index (χ1n) is 7.47. The summed E-state index contributed by atoms with van der Waals surface area (Å²) in [6, 6.07) is 10.2. The van der Waals surface area contributed by atoms with Crippen LogP contribution in [0.3, 0.4) is 0 Å². The zero-order valence-electron chi connectivity index (χ0n) is 13.5. The van der Waals surface area contributed by atoms with Crippen LogP contribution in [0, 0.1) is 5.41 Å². The highest BCUT2D eigenvalue weighted by Gasteiger charge is 2.35. The van der Waals surface area contributed by atoms with Gasteiger partial charge in [0.1, 0.15) is 0 Å². The molecule has 0 radical (unpaired) electrons. The van der Waals surface area contributed by atoms with Gasteiger partial charge in [-0.2, -0.15) is 0 Å². The highest BCUT2D eigenvalue weighted by Crippen LogP contribution is 2.25. The lowest BCUT2D eigenvalue weighted by molar-refractivity contribution is -0.0101. The normalized spacial score (nSPS) is 19.1. The Morgan fingerprint density at radius 1 is 1.19 bits per heavy atom. The molecule has 5 heteroatoms. The molecular weight excluding hydrogens is 279 g/mol. The molecule has 114 valence electrons. The van der Waals surface area contributed by atoms with E-state index in [2.05, 4.69) is 38.7 Å². The number of hydrogen-bond donors (Lipinski definition) is 0. The average molecular weight is 304 g/mol. The Labute approximate surface area is 129 Å². The van der Waals surface area contributed by atoms with E-state index in [-0.39, 0.29) is 12.5 Å². The van der Waals surface area contributed by atoms with Gasteiger partial charge >= 0.3 is 7.12 Å². The number of rotatable bonds is 5. The first-order chi connectivity index (χ1) is 9.86. The fourth-order valence-electron chi connectivity index (χ4n) is 2.00. The van der Waals surface area contributed by atoms with Crippen LogP contribution in [-0.4, -0.2) is 35.3 Å². The molecule has 1 fully saturated rings. The summed E-state index contributed by atoms with van der Waals surface area (Å²) in [6.07, 6.45) is 2.03. The van der Waals surface area contributed by atoms with Crippen LogP contribution in [-0.2, 0) is 13.7 Å². The van der Waals surface area contributed by atoms with Gasteiger partial charge in [-0.3, -0.25) is 0 Å². The minimum absolute atomic E-state index is 0.0443. The molecular formula is C16H25BO3Si. The number of hydrogen-bond acceptors (Lipinski definition) is 3. The van der Waals surface area contributed by atoms with Gasteiger partial charge in [0, 0.05) is 25.2 Å². The monoisotopic (exact) mass is 304 g/mol. The second kappa shape index (κ2) is 6.92. The lowest BCUT2D eigenvalue weighted by Gasteiger charge is -2.37. The van der Waals surface area contributed by atoms with Gasteiger partial charge < -0.3 is 13.7 Å². The molecule has 1 aliphatic rings. The Morgan fingerprint density at radius 3 is 2.38 bits per heavy atom. The van der Waals surface area contributed by atoms with Crippen LogP contribution in [0.1, 0.15) is 12.5 Å². The van der Waals surface area contributed by atoms with Crippen molar-refractivity contribution in [3.05, 3.63) is 41.9 Å². The molecule has 0 atom stereocenters. The Kier molecular flexibility index (Phi) is 5.44. The summed E-state index contributed by atoms with van der Waals surface area (Å²) in [5, 5.41) is 0. The molecule has 1 aliphatic heterocycles. The van der Waals surface area contributed by atoms with Crippen molar-refractivity contribution in [2.24, 2.45) is 5.41 Å². The van der Waals surface area contributed by atoms with E-state index < -0.39 is 8.32 Å². The summed E-state index contributed by atoms with van der Waals surface area (Å²) in [7, 11) is -1.75. The molecule has 0 bridgehead atoms. The Morgan fingerprint density at radius 2 is 1.81 bits per heavy atom. The molecule has 21 heavy (non-hydrogen) atoms. The molecule has 0 spiro atoms. The molecule has 1 aromatic carbocycles. The van der Waals surface area contributed by atoms with Crippen molar-refractivity contribution in [3.63, 3.8) is 0 Å². The predicted molar refractivity (Wildman–Crippen MR) is 90.5 cm³/mol. The van der Waals surface area contributed by atoms with Crippen molar-refractivity contribution in [3.8, 4) is 0 Å². The van der Waals surface area contributed by atoms with Crippen molar-refractivity contribution in [2.75, 3.05) is 19.8 Å². The standard InChI is InChI=1S/C16H25BO3Si/c1-16(14-20-21(2,3)4)12-18-17(19-13-16)11-10-15-8-6-5-7-9-15/h5-11H,12-14H2,1-4H3/b11-10+. The first kappa shape index (κ1) is 16.5. The van der Waals surface area contributed by atoms with E-state index >= 15 is 0 Å². The smallest absolute Gasteiger partial charge is 0.417 e. The maximum atomic E-state index is 6.00. The average Bonchev–Trinajstić information content (AvgIpc) is 2.45. The molecule has 0 unspecified atom stereocenters. The van der Waals surface area contributed by atoms with Crippen LogP contribution in [0.4, 0.5) is 0 Å². The lowest BCUT2D eigenvalue weighted by Crippen LogP contribution is -2.46. The maximum absolute atomic E-state index is 6.00. The third-order valence-electron chi connectivity index (χ3n) is 3.29. The van der Waals surface area contributed by atoms with Gasteiger partial charge in [0.25, 0.3) is 0 Å². The van der Waals surface area contributed by atoms with E-state index in [0.717, 1.165) is 5.56 Å². The van der Waals surface area contributed by atoms with Gasteiger partial charge in [-0.05, 0) is 25.2 Å². The topological polar surface area (TPSA) is 27.7 Å². The summed E-state index contributed by atoms with van der Waals surface area (Å²) in [5.74, 6) is 1.97. The van der Waals surface area contributed by atoms with Gasteiger partial charge in [-0.15, -0.1) is 0 Å². The van der Waals surface area contributed by atoms with Crippen LogP contribution in [0.2, 0.25) is 19.6 Å². The van der Waals surface area contributed by atoms with E-state index in [9.17, 15) is 0 Å². The van der Waals surface area contributed by atoms with E-state index in [4.69, 9.17) is 13.7 Å². The third-order valence-corrected chi connectivity index (χ3v) is 4.30. The van der Waals surface area contributed by atoms with Gasteiger partial charge in [0.15, 0.2) is 8.32 Å². The molecule has 0 N–H and O–H groups in total. The van der Waals surface area contributed by atoms with Crippen LogP contribution >= 0.6 is 0 Å². The van der Waals surface area contributed by atoms with Crippen molar-refractivity contribution in [1.82, 2.24) is 0 Å². The summed E-state index contributed by atoms with van der Waals surface area (Å²) < 4.78 is 17.6. The quantitative estimate of drug-likeness (QED) is 0.777. The SMILES string of the molecule is CC1(CO[Si](C)(C)C)COB(/C=C/c2ccccc2)OC1. The van der Waals surface area contributed by atoms with Gasteiger partial charge in [0.2, 0.25) is 0 Å².